The number of halogens is 3. The molecule has 0 aliphatic rings. The molecule has 0 aliphatic carbocycles. The van der Waals surface area contributed by atoms with Gasteiger partial charge in [0.1, 0.15) is 5.58 Å². The van der Waals surface area contributed by atoms with Crippen LogP contribution in [0.1, 0.15) is 16.1 Å². The first kappa shape index (κ1) is 13.4. The van der Waals surface area contributed by atoms with Crippen LogP contribution in [-0.4, -0.2) is 6.29 Å². The largest absolute Gasteiger partial charge is 0.453 e. The predicted octanol–water partition coefficient (Wildman–Crippen LogP) is 4.93. The summed E-state index contributed by atoms with van der Waals surface area (Å²) in [6.45, 7) is 0. The monoisotopic (exact) mass is 290 g/mol. The number of fused-ring (bicyclic) bond motifs is 1. The van der Waals surface area contributed by atoms with Crippen LogP contribution in [0.3, 0.4) is 0 Å². The molecule has 3 aromatic rings. The predicted molar refractivity (Wildman–Crippen MR) is 72.0 cm³/mol. The summed E-state index contributed by atoms with van der Waals surface area (Å²) >= 11 is 0. The Labute approximate surface area is 117 Å². The molecule has 0 fully saturated rings. The van der Waals surface area contributed by atoms with Gasteiger partial charge in [-0.15, -0.1) is 0 Å². The van der Waals surface area contributed by atoms with Gasteiger partial charge in [-0.2, -0.15) is 13.2 Å². The number of alkyl halides is 3. The van der Waals surface area contributed by atoms with Gasteiger partial charge in [0, 0.05) is 5.39 Å². The van der Waals surface area contributed by atoms with Gasteiger partial charge < -0.3 is 4.42 Å². The summed E-state index contributed by atoms with van der Waals surface area (Å²) in [6.07, 6.45) is -3.74. The molecule has 0 atom stereocenters. The van der Waals surface area contributed by atoms with Crippen LogP contribution in [0.25, 0.3) is 22.1 Å². The summed E-state index contributed by atoms with van der Waals surface area (Å²) in [7, 11) is 0. The molecule has 0 spiro atoms. The zero-order valence-corrected chi connectivity index (χ0v) is 10.6. The molecule has 0 saturated heterocycles. The second-order valence-corrected chi connectivity index (χ2v) is 4.59. The summed E-state index contributed by atoms with van der Waals surface area (Å²) in [5.41, 5.74) is 1.21. The smallest absolute Gasteiger partial charge is 0.416 e. The maximum atomic E-state index is 12.5. The molecule has 1 aromatic heterocycles. The number of aldehydes is 1. The molecule has 106 valence electrons. The molecule has 5 heteroatoms. The van der Waals surface area contributed by atoms with E-state index in [0.29, 0.717) is 17.4 Å². The van der Waals surface area contributed by atoms with Gasteiger partial charge in [-0.3, -0.25) is 4.79 Å². The lowest BCUT2D eigenvalue weighted by atomic mass is 10.0. The summed E-state index contributed by atoms with van der Waals surface area (Å²) in [4.78, 5) is 10.7. The van der Waals surface area contributed by atoms with E-state index in [1.165, 1.54) is 12.1 Å². The molecule has 0 amide bonds. The first-order valence-electron chi connectivity index (χ1n) is 6.14. The van der Waals surface area contributed by atoms with Gasteiger partial charge in [-0.05, 0) is 35.4 Å². The summed E-state index contributed by atoms with van der Waals surface area (Å²) in [6, 6.07) is 11.7. The fourth-order valence-corrected chi connectivity index (χ4v) is 2.14. The number of furan rings is 1. The van der Waals surface area contributed by atoms with Crippen molar-refractivity contribution in [2.24, 2.45) is 0 Å². The summed E-state index contributed by atoms with van der Waals surface area (Å²) in [5, 5.41) is 0.771. The van der Waals surface area contributed by atoms with Crippen molar-refractivity contribution in [2.45, 2.75) is 6.18 Å². The zero-order chi connectivity index (χ0) is 15.0. The third-order valence-electron chi connectivity index (χ3n) is 3.20. The second-order valence-electron chi connectivity index (χ2n) is 4.59. The molecular weight excluding hydrogens is 281 g/mol. The van der Waals surface area contributed by atoms with E-state index in [9.17, 15) is 18.0 Å². The minimum atomic E-state index is -4.34. The van der Waals surface area contributed by atoms with E-state index in [1.54, 1.807) is 24.3 Å². The molecule has 0 unspecified atom stereocenters. The van der Waals surface area contributed by atoms with E-state index in [1.807, 2.05) is 0 Å². The Morgan fingerprint density at radius 1 is 0.905 bits per heavy atom. The SMILES string of the molecule is O=Cc1cc2ccc(-c3ccc(C(F)(F)F)cc3)cc2o1. The van der Waals surface area contributed by atoms with Gasteiger partial charge in [0.25, 0.3) is 0 Å². The van der Waals surface area contributed by atoms with Crippen LogP contribution in [0.15, 0.2) is 52.9 Å². The molecule has 21 heavy (non-hydrogen) atoms. The first-order chi connectivity index (χ1) is 9.97. The average molecular weight is 290 g/mol. The van der Waals surface area contributed by atoms with E-state index in [4.69, 9.17) is 4.42 Å². The Kier molecular flexibility index (Phi) is 3.05. The number of hydrogen-bond acceptors (Lipinski definition) is 2. The molecule has 1 heterocycles. The van der Waals surface area contributed by atoms with E-state index in [0.717, 1.165) is 23.1 Å². The number of carbonyl (C=O) groups is 1. The Morgan fingerprint density at radius 2 is 1.57 bits per heavy atom. The van der Waals surface area contributed by atoms with Crippen molar-refractivity contribution in [1.29, 1.82) is 0 Å². The Hall–Kier alpha value is -2.56. The standard InChI is InChI=1S/C16H9F3O2/c17-16(18,19)13-5-3-10(4-6-13)11-1-2-12-7-14(9-20)21-15(12)8-11/h1-9H. The molecule has 0 bridgehead atoms. The molecule has 3 rings (SSSR count). The molecule has 0 saturated carbocycles. The lowest BCUT2D eigenvalue weighted by Gasteiger charge is -2.07. The Balaban J connectivity index is 2.01. The Morgan fingerprint density at radius 3 is 2.19 bits per heavy atom. The highest BCUT2D eigenvalue weighted by Crippen LogP contribution is 2.32. The van der Waals surface area contributed by atoms with Gasteiger partial charge >= 0.3 is 6.18 Å². The second kappa shape index (κ2) is 4.77. The molecule has 2 aromatic carbocycles. The van der Waals surface area contributed by atoms with Crippen molar-refractivity contribution < 1.29 is 22.4 Å². The van der Waals surface area contributed by atoms with E-state index in [2.05, 4.69) is 0 Å². The van der Waals surface area contributed by atoms with Gasteiger partial charge in [0.15, 0.2) is 12.0 Å². The van der Waals surface area contributed by atoms with Crippen molar-refractivity contribution >= 4 is 17.3 Å². The van der Waals surface area contributed by atoms with Gasteiger partial charge in [0.2, 0.25) is 0 Å². The molecule has 0 N–H and O–H groups in total. The maximum Gasteiger partial charge on any atom is 0.416 e. The average Bonchev–Trinajstić information content (AvgIpc) is 2.88. The highest BCUT2D eigenvalue weighted by Gasteiger charge is 2.29. The number of rotatable bonds is 2. The van der Waals surface area contributed by atoms with Crippen LogP contribution < -0.4 is 0 Å². The first-order valence-corrected chi connectivity index (χ1v) is 6.14. The minimum absolute atomic E-state index is 0.217. The number of hydrogen-bond donors (Lipinski definition) is 0. The van der Waals surface area contributed by atoms with Crippen molar-refractivity contribution in [3.8, 4) is 11.1 Å². The van der Waals surface area contributed by atoms with Crippen molar-refractivity contribution in [3.05, 3.63) is 59.9 Å². The minimum Gasteiger partial charge on any atom is -0.453 e. The fraction of sp³-hybridized carbons (Fsp3) is 0.0625. The number of benzene rings is 2. The van der Waals surface area contributed by atoms with Crippen LogP contribution in [-0.2, 0) is 6.18 Å². The van der Waals surface area contributed by atoms with Crippen molar-refractivity contribution in [1.82, 2.24) is 0 Å². The quantitative estimate of drug-likeness (QED) is 0.626. The molecule has 0 radical (unpaired) electrons. The van der Waals surface area contributed by atoms with E-state index < -0.39 is 11.7 Å². The molecule has 0 aliphatic heterocycles. The van der Waals surface area contributed by atoms with E-state index in [-0.39, 0.29) is 5.76 Å². The van der Waals surface area contributed by atoms with Crippen LogP contribution in [0.5, 0.6) is 0 Å². The van der Waals surface area contributed by atoms with Crippen molar-refractivity contribution in [2.75, 3.05) is 0 Å². The van der Waals surface area contributed by atoms with Crippen LogP contribution in [0.4, 0.5) is 13.2 Å². The van der Waals surface area contributed by atoms with E-state index >= 15 is 0 Å². The van der Waals surface area contributed by atoms with Gasteiger partial charge in [-0.25, -0.2) is 0 Å². The third-order valence-corrected chi connectivity index (χ3v) is 3.20. The van der Waals surface area contributed by atoms with Gasteiger partial charge in [-0.1, -0.05) is 24.3 Å². The summed E-state index contributed by atoms with van der Waals surface area (Å²) < 4.78 is 42.9. The lowest BCUT2D eigenvalue weighted by molar-refractivity contribution is -0.137. The Bertz CT molecular complexity index is 798. The highest BCUT2D eigenvalue weighted by molar-refractivity contribution is 5.88. The van der Waals surface area contributed by atoms with Crippen LogP contribution in [0, 0.1) is 0 Å². The molecular formula is C16H9F3O2. The fourth-order valence-electron chi connectivity index (χ4n) is 2.14. The van der Waals surface area contributed by atoms with Gasteiger partial charge in [0.05, 0.1) is 5.56 Å². The maximum absolute atomic E-state index is 12.5. The van der Waals surface area contributed by atoms with Crippen molar-refractivity contribution in [3.63, 3.8) is 0 Å². The lowest BCUT2D eigenvalue weighted by Crippen LogP contribution is -2.03. The van der Waals surface area contributed by atoms with Crippen LogP contribution in [0.2, 0.25) is 0 Å². The topological polar surface area (TPSA) is 30.2 Å². The molecule has 2 nitrogen and oxygen atoms in total. The third kappa shape index (κ3) is 2.54. The normalized spacial score (nSPS) is 11.8. The van der Waals surface area contributed by atoms with Crippen LogP contribution >= 0.6 is 0 Å². The zero-order valence-electron chi connectivity index (χ0n) is 10.6. The highest BCUT2D eigenvalue weighted by atomic mass is 19.4. The summed E-state index contributed by atoms with van der Waals surface area (Å²) in [5.74, 6) is 0.217. The number of carbonyl (C=O) groups excluding carboxylic acids is 1.